The van der Waals surface area contributed by atoms with Crippen LogP contribution in [0.1, 0.15) is 0 Å². The Morgan fingerprint density at radius 3 is 2.00 bits per heavy atom. The molecule has 0 atom stereocenters. The number of halogens is 3. The molecule has 0 aliphatic rings. The van der Waals surface area contributed by atoms with E-state index in [-0.39, 0.29) is 22.1 Å². The molecule has 0 spiro atoms. The highest BCUT2D eigenvalue weighted by Crippen LogP contribution is 2.35. The van der Waals surface area contributed by atoms with Crippen molar-refractivity contribution in [1.82, 2.24) is 0 Å². The van der Waals surface area contributed by atoms with Crippen molar-refractivity contribution in [3.8, 4) is 11.5 Å². The van der Waals surface area contributed by atoms with Crippen molar-refractivity contribution in [1.29, 1.82) is 0 Å². The Morgan fingerprint density at radius 2 is 1.40 bits per heavy atom. The molecule has 2 aromatic rings. The van der Waals surface area contributed by atoms with Crippen molar-refractivity contribution >= 4 is 58.0 Å². The predicted octanol–water partition coefficient (Wildman–Crippen LogP) is 4.24. The first-order valence-electron chi connectivity index (χ1n) is 6.84. The lowest BCUT2D eigenvalue weighted by Gasteiger charge is -2.13. The Labute approximate surface area is 159 Å². The maximum Gasteiger partial charge on any atom is 0.314 e. The van der Waals surface area contributed by atoms with Crippen LogP contribution in [0.15, 0.2) is 30.3 Å². The molecule has 0 radical (unpaired) electrons. The lowest BCUT2D eigenvalue weighted by Crippen LogP contribution is -2.29. The summed E-state index contributed by atoms with van der Waals surface area (Å²) < 4.78 is 10.2. The zero-order chi connectivity index (χ0) is 18.6. The molecule has 0 aliphatic heterocycles. The normalized spacial score (nSPS) is 10.1. The third-order valence-corrected chi connectivity index (χ3v) is 3.97. The minimum Gasteiger partial charge on any atom is -0.495 e. The quantitative estimate of drug-likeness (QED) is 0.749. The molecule has 0 saturated carbocycles. The van der Waals surface area contributed by atoms with Gasteiger partial charge in [0.1, 0.15) is 11.5 Å². The van der Waals surface area contributed by atoms with E-state index in [1.165, 1.54) is 38.5 Å². The number of nitrogens with one attached hydrogen (secondary N) is 2. The molecule has 2 amide bonds. The summed E-state index contributed by atoms with van der Waals surface area (Å²) in [5, 5.41) is 5.72. The van der Waals surface area contributed by atoms with Crippen LogP contribution in [-0.2, 0) is 9.59 Å². The molecule has 9 heteroatoms. The fraction of sp³-hybridized carbons (Fsp3) is 0.125. The predicted molar refractivity (Wildman–Crippen MR) is 98.3 cm³/mol. The Hall–Kier alpha value is -2.15. The van der Waals surface area contributed by atoms with Crippen LogP contribution in [0.4, 0.5) is 11.4 Å². The smallest absolute Gasteiger partial charge is 0.314 e. The molecular formula is C16H13Cl3N2O4. The SMILES string of the molecule is COc1cc(NC(=O)C(=O)Nc2cc(Cl)ccc2Cl)c(OC)cc1Cl. The fourth-order valence-corrected chi connectivity index (χ4v) is 2.48. The van der Waals surface area contributed by atoms with Crippen molar-refractivity contribution in [2.24, 2.45) is 0 Å². The molecule has 132 valence electrons. The number of benzene rings is 2. The van der Waals surface area contributed by atoms with Crippen molar-refractivity contribution in [3.05, 3.63) is 45.4 Å². The summed E-state index contributed by atoms with van der Waals surface area (Å²) in [6.45, 7) is 0. The first-order chi connectivity index (χ1) is 11.8. The molecule has 0 bridgehead atoms. The maximum absolute atomic E-state index is 12.1. The van der Waals surface area contributed by atoms with E-state index in [0.717, 1.165) is 0 Å². The van der Waals surface area contributed by atoms with E-state index >= 15 is 0 Å². The minimum absolute atomic E-state index is 0.218. The van der Waals surface area contributed by atoms with Gasteiger partial charge in [-0.05, 0) is 18.2 Å². The lowest BCUT2D eigenvalue weighted by atomic mass is 10.2. The first kappa shape index (κ1) is 19.2. The summed E-state index contributed by atoms with van der Waals surface area (Å²) in [5.41, 5.74) is 0.441. The third-order valence-electron chi connectivity index (χ3n) is 3.10. The summed E-state index contributed by atoms with van der Waals surface area (Å²) in [5.74, 6) is -1.28. The fourth-order valence-electron chi connectivity index (χ4n) is 1.91. The molecule has 0 aromatic heterocycles. The molecule has 2 N–H and O–H groups in total. The van der Waals surface area contributed by atoms with Gasteiger partial charge in [-0.15, -0.1) is 0 Å². The summed E-state index contributed by atoms with van der Waals surface area (Å²) in [6, 6.07) is 7.40. The van der Waals surface area contributed by atoms with Crippen LogP contribution in [0.5, 0.6) is 11.5 Å². The summed E-state index contributed by atoms with van der Waals surface area (Å²) >= 11 is 17.8. The number of rotatable bonds is 4. The first-order valence-corrected chi connectivity index (χ1v) is 7.98. The van der Waals surface area contributed by atoms with E-state index < -0.39 is 11.8 Å². The van der Waals surface area contributed by atoms with Crippen LogP contribution in [0.25, 0.3) is 0 Å². The highest BCUT2D eigenvalue weighted by Gasteiger charge is 2.19. The van der Waals surface area contributed by atoms with Gasteiger partial charge in [0, 0.05) is 17.2 Å². The zero-order valence-corrected chi connectivity index (χ0v) is 15.4. The minimum atomic E-state index is -0.932. The van der Waals surface area contributed by atoms with Gasteiger partial charge in [-0.25, -0.2) is 0 Å². The molecule has 0 fully saturated rings. The maximum atomic E-state index is 12.1. The molecular weight excluding hydrogens is 391 g/mol. The molecule has 25 heavy (non-hydrogen) atoms. The number of amides is 2. The van der Waals surface area contributed by atoms with Crippen molar-refractivity contribution in [3.63, 3.8) is 0 Å². The van der Waals surface area contributed by atoms with Gasteiger partial charge < -0.3 is 20.1 Å². The third kappa shape index (κ3) is 4.69. The Morgan fingerprint density at radius 1 is 0.800 bits per heavy atom. The molecule has 0 unspecified atom stereocenters. The second-order valence-electron chi connectivity index (χ2n) is 4.72. The number of hydrogen-bond donors (Lipinski definition) is 2. The van der Waals surface area contributed by atoms with E-state index in [0.29, 0.717) is 15.8 Å². The highest BCUT2D eigenvalue weighted by atomic mass is 35.5. The van der Waals surface area contributed by atoms with Gasteiger partial charge in [0.2, 0.25) is 0 Å². The van der Waals surface area contributed by atoms with Gasteiger partial charge in [-0.2, -0.15) is 0 Å². The number of anilines is 2. The Balaban J connectivity index is 2.18. The Kier molecular flexibility index (Phi) is 6.36. The van der Waals surface area contributed by atoms with E-state index in [4.69, 9.17) is 44.3 Å². The van der Waals surface area contributed by atoms with Crippen molar-refractivity contribution in [2.75, 3.05) is 24.9 Å². The van der Waals surface area contributed by atoms with Crippen LogP contribution < -0.4 is 20.1 Å². The van der Waals surface area contributed by atoms with Gasteiger partial charge in [0.25, 0.3) is 0 Å². The molecule has 2 aromatic carbocycles. The van der Waals surface area contributed by atoms with Gasteiger partial charge in [-0.3, -0.25) is 9.59 Å². The monoisotopic (exact) mass is 402 g/mol. The Bertz CT molecular complexity index is 827. The summed E-state index contributed by atoms with van der Waals surface area (Å²) in [6.07, 6.45) is 0. The number of hydrogen-bond acceptors (Lipinski definition) is 4. The standard InChI is InChI=1S/C16H13Cl3N2O4/c1-24-13-7-12(14(25-2)6-10(13)19)21-16(23)15(22)20-11-5-8(17)3-4-9(11)18/h3-7H,1-2H3,(H,20,22)(H,21,23). The number of carbonyl (C=O) groups excluding carboxylic acids is 2. The van der Waals surface area contributed by atoms with Gasteiger partial charge >= 0.3 is 11.8 Å². The summed E-state index contributed by atoms with van der Waals surface area (Å²) in [7, 11) is 2.83. The number of ether oxygens (including phenoxy) is 2. The molecule has 0 heterocycles. The van der Waals surface area contributed by atoms with Crippen molar-refractivity contribution in [2.45, 2.75) is 0 Å². The average molecular weight is 404 g/mol. The van der Waals surface area contributed by atoms with Crippen LogP contribution >= 0.6 is 34.8 Å². The molecule has 2 rings (SSSR count). The van der Waals surface area contributed by atoms with E-state index in [1.54, 1.807) is 6.07 Å². The van der Waals surface area contributed by atoms with Crippen molar-refractivity contribution < 1.29 is 19.1 Å². The topological polar surface area (TPSA) is 76.7 Å². The van der Waals surface area contributed by atoms with Crippen LogP contribution in [0.3, 0.4) is 0 Å². The largest absolute Gasteiger partial charge is 0.495 e. The second kappa shape index (κ2) is 8.29. The average Bonchev–Trinajstić information content (AvgIpc) is 2.59. The van der Waals surface area contributed by atoms with Crippen LogP contribution in [0.2, 0.25) is 15.1 Å². The highest BCUT2D eigenvalue weighted by molar-refractivity contribution is 6.45. The molecule has 6 nitrogen and oxygen atoms in total. The van der Waals surface area contributed by atoms with Gasteiger partial charge in [0.15, 0.2) is 0 Å². The number of carbonyl (C=O) groups is 2. The van der Waals surface area contributed by atoms with Crippen LogP contribution in [0, 0.1) is 0 Å². The van der Waals surface area contributed by atoms with Crippen LogP contribution in [-0.4, -0.2) is 26.0 Å². The van der Waals surface area contributed by atoms with E-state index in [9.17, 15) is 9.59 Å². The second-order valence-corrected chi connectivity index (χ2v) is 5.97. The number of methoxy groups -OCH3 is 2. The zero-order valence-electron chi connectivity index (χ0n) is 13.2. The van der Waals surface area contributed by atoms with E-state index in [1.807, 2.05) is 0 Å². The van der Waals surface area contributed by atoms with E-state index in [2.05, 4.69) is 10.6 Å². The molecule has 0 aliphatic carbocycles. The van der Waals surface area contributed by atoms with Gasteiger partial charge in [-0.1, -0.05) is 34.8 Å². The lowest BCUT2D eigenvalue weighted by molar-refractivity contribution is -0.133. The van der Waals surface area contributed by atoms with Gasteiger partial charge in [0.05, 0.1) is 35.6 Å². The summed E-state index contributed by atoms with van der Waals surface area (Å²) in [4.78, 5) is 24.2. The molecule has 0 saturated heterocycles.